The van der Waals surface area contributed by atoms with Crippen LogP contribution in [0.25, 0.3) is 0 Å². The minimum absolute atomic E-state index is 0.190. The van der Waals surface area contributed by atoms with Crippen LogP contribution in [0.15, 0.2) is 27.2 Å². The highest BCUT2D eigenvalue weighted by Crippen LogP contribution is 2.27. The van der Waals surface area contributed by atoms with E-state index < -0.39 is 6.04 Å². The highest BCUT2D eigenvalue weighted by atomic mass is 79.9. The van der Waals surface area contributed by atoms with Crippen LogP contribution in [0.2, 0.25) is 5.02 Å². The number of nitrogens with two attached hydrogens (primary N) is 1. The van der Waals surface area contributed by atoms with E-state index in [9.17, 15) is 0 Å². The lowest BCUT2D eigenvalue weighted by Gasteiger charge is -2.08. The van der Waals surface area contributed by atoms with E-state index >= 15 is 0 Å². The summed E-state index contributed by atoms with van der Waals surface area (Å²) in [7, 11) is 0. The van der Waals surface area contributed by atoms with Gasteiger partial charge in [0.05, 0.1) is 11.1 Å². The molecule has 1 aromatic carbocycles. The smallest absolute Gasteiger partial charge is 0.229 e. The van der Waals surface area contributed by atoms with Crippen molar-refractivity contribution in [3.8, 4) is 0 Å². The summed E-state index contributed by atoms with van der Waals surface area (Å²) in [6, 6.07) is 5.07. The molecule has 1 unspecified atom stereocenters. The average Bonchev–Trinajstić information content (AvgIpc) is 2.81. The third kappa shape index (κ3) is 2.74. The Bertz CT molecular complexity index is 556. The Labute approximate surface area is 119 Å². The van der Waals surface area contributed by atoms with Gasteiger partial charge in [-0.25, -0.2) is 0 Å². The molecule has 0 aliphatic heterocycles. The van der Waals surface area contributed by atoms with Gasteiger partial charge in [0.15, 0.2) is 5.82 Å². The van der Waals surface area contributed by atoms with Crippen LogP contribution in [-0.2, 0) is 0 Å². The second kappa shape index (κ2) is 5.38. The Balaban J connectivity index is 2.29. The van der Waals surface area contributed by atoms with Crippen molar-refractivity contribution >= 4 is 27.5 Å². The second-order valence-electron chi connectivity index (χ2n) is 4.30. The van der Waals surface area contributed by atoms with Gasteiger partial charge in [-0.15, -0.1) is 0 Å². The van der Waals surface area contributed by atoms with Crippen LogP contribution in [0.1, 0.15) is 43.1 Å². The first kappa shape index (κ1) is 13.5. The number of hydrogen-bond donors (Lipinski definition) is 1. The fourth-order valence-corrected chi connectivity index (χ4v) is 1.98. The van der Waals surface area contributed by atoms with E-state index in [-0.39, 0.29) is 5.92 Å². The van der Waals surface area contributed by atoms with Gasteiger partial charge in [-0.3, -0.25) is 0 Å². The molecule has 2 aromatic rings. The summed E-state index contributed by atoms with van der Waals surface area (Å²) in [5.41, 5.74) is 6.98. The molecule has 0 aliphatic rings. The Kier molecular flexibility index (Phi) is 4.04. The van der Waals surface area contributed by atoms with Crippen LogP contribution >= 0.6 is 27.5 Å². The van der Waals surface area contributed by atoms with Crippen LogP contribution < -0.4 is 5.73 Å². The number of hydrogen-bond acceptors (Lipinski definition) is 4. The summed E-state index contributed by atoms with van der Waals surface area (Å²) in [6.45, 7) is 3.98. The summed E-state index contributed by atoms with van der Waals surface area (Å²) in [4.78, 5) is 4.29. The Morgan fingerprint density at radius 3 is 2.67 bits per heavy atom. The average molecular weight is 331 g/mol. The Morgan fingerprint density at radius 2 is 2.11 bits per heavy atom. The maximum atomic E-state index is 6.10. The molecule has 1 aromatic heterocycles. The van der Waals surface area contributed by atoms with Gasteiger partial charge >= 0.3 is 0 Å². The lowest BCUT2D eigenvalue weighted by Crippen LogP contribution is -2.13. The number of nitrogens with zero attached hydrogens (tertiary/aromatic N) is 2. The van der Waals surface area contributed by atoms with Crippen molar-refractivity contribution in [1.29, 1.82) is 0 Å². The minimum Gasteiger partial charge on any atom is -0.339 e. The van der Waals surface area contributed by atoms with E-state index in [0.717, 1.165) is 10.0 Å². The third-order valence-corrected chi connectivity index (χ3v) is 3.75. The first-order valence-corrected chi connectivity index (χ1v) is 6.70. The molecule has 0 spiro atoms. The van der Waals surface area contributed by atoms with Crippen molar-refractivity contribution in [3.05, 3.63) is 45.0 Å². The van der Waals surface area contributed by atoms with Crippen LogP contribution in [-0.4, -0.2) is 10.1 Å². The molecule has 2 N–H and O–H groups in total. The van der Waals surface area contributed by atoms with Gasteiger partial charge in [0.1, 0.15) is 0 Å². The molecule has 0 saturated carbocycles. The lowest BCUT2D eigenvalue weighted by atomic mass is 10.1. The molecule has 0 aliphatic carbocycles. The zero-order chi connectivity index (χ0) is 13.3. The number of benzene rings is 1. The van der Waals surface area contributed by atoms with Crippen molar-refractivity contribution in [3.63, 3.8) is 0 Å². The zero-order valence-electron chi connectivity index (χ0n) is 10.0. The van der Waals surface area contributed by atoms with E-state index in [4.69, 9.17) is 21.9 Å². The van der Waals surface area contributed by atoms with Gasteiger partial charge in [-0.05, 0) is 33.6 Å². The topological polar surface area (TPSA) is 64.9 Å². The third-order valence-electron chi connectivity index (χ3n) is 2.53. The zero-order valence-corrected chi connectivity index (χ0v) is 12.4. The minimum atomic E-state index is -0.421. The highest BCUT2D eigenvalue weighted by molar-refractivity contribution is 9.10. The predicted octanol–water partition coefficient (Wildman–Crippen LogP) is 3.66. The van der Waals surface area contributed by atoms with E-state index in [0.29, 0.717) is 16.7 Å². The van der Waals surface area contributed by atoms with E-state index in [1.165, 1.54) is 0 Å². The van der Waals surface area contributed by atoms with Crippen molar-refractivity contribution < 1.29 is 4.52 Å². The molecule has 0 amide bonds. The standard InChI is InChI=1S/C12H13BrClN3O/c1-6(2)12-16-11(17-18-12)10(15)7-3-4-9(14)8(13)5-7/h3-6,10H,15H2,1-2H3. The molecule has 1 heterocycles. The van der Waals surface area contributed by atoms with Crippen LogP contribution in [0.4, 0.5) is 0 Å². The molecule has 0 fully saturated rings. The van der Waals surface area contributed by atoms with Crippen LogP contribution in [0.5, 0.6) is 0 Å². The fraction of sp³-hybridized carbons (Fsp3) is 0.333. The van der Waals surface area contributed by atoms with Gasteiger partial charge in [0, 0.05) is 10.4 Å². The second-order valence-corrected chi connectivity index (χ2v) is 5.56. The SMILES string of the molecule is CC(C)c1nc(C(N)c2ccc(Cl)c(Br)c2)no1. The van der Waals surface area contributed by atoms with Crippen LogP contribution in [0, 0.1) is 0 Å². The number of halogens is 2. The summed E-state index contributed by atoms with van der Waals surface area (Å²) in [5, 5.41) is 4.55. The van der Waals surface area contributed by atoms with Crippen molar-refractivity contribution in [2.24, 2.45) is 5.73 Å². The monoisotopic (exact) mass is 329 g/mol. The molecule has 96 valence electrons. The molecule has 2 rings (SSSR count). The molecule has 6 heteroatoms. The van der Waals surface area contributed by atoms with E-state index in [2.05, 4.69) is 26.1 Å². The number of rotatable bonds is 3. The molecular formula is C12H13BrClN3O. The lowest BCUT2D eigenvalue weighted by molar-refractivity contribution is 0.359. The van der Waals surface area contributed by atoms with Crippen molar-refractivity contribution in [2.75, 3.05) is 0 Å². The first-order valence-electron chi connectivity index (χ1n) is 5.53. The van der Waals surface area contributed by atoms with Crippen molar-refractivity contribution in [1.82, 2.24) is 10.1 Å². The first-order chi connectivity index (χ1) is 8.49. The molecular weight excluding hydrogens is 318 g/mol. The number of aromatic nitrogens is 2. The van der Waals surface area contributed by atoms with Gasteiger partial charge in [-0.2, -0.15) is 4.98 Å². The summed E-state index contributed by atoms with van der Waals surface area (Å²) in [5.74, 6) is 1.26. The largest absolute Gasteiger partial charge is 0.339 e. The fourth-order valence-electron chi connectivity index (χ4n) is 1.46. The normalized spacial score (nSPS) is 13.0. The Hall–Kier alpha value is -0.910. The van der Waals surface area contributed by atoms with Gasteiger partial charge in [-0.1, -0.05) is 36.7 Å². The Morgan fingerprint density at radius 1 is 1.39 bits per heavy atom. The van der Waals surface area contributed by atoms with Crippen molar-refractivity contribution in [2.45, 2.75) is 25.8 Å². The molecule has 0 radical (unpaired) electrons. The summed E-state index contributed by atoms with van der Waals surface area (Å²) >= 11 is 9.30. The summed E-state index contributed by atoms with van der Waals surface area (Å²) < 4.78 is 5.94. The van der Waals surface area contributed by atoms with Gasteiger partial charge < -0.3 is 10.3 Å². The molecule has 0 bridgehead atoms. The molecule has 0 saturated heterocycles. The highest BCUT2D eigenvalue weighted by Gasteiger charge is 2.18. The maximum absolute atomic E-state index is 6.10. The van der Waals surface area contributed by atoms with Gasteiger partial charge in [0.25, 0.3) is 0 Å². The quantitative estimate of drug-likeness (QED) is 0.933. The summed E-state index contributed by atoms with van der Waals surface area (Å²) in [6.07, 6.45) is 0. The molecule has 18 heavy (non-hydrogen) atoms. The predicted molar refractivity (Wildman–Crippen MR) is 73.6 cm³/mol. The van der Waals surface area contributed by atoms with Gasteiger partial charge in [0.2, 0.25) is 5.89 Å². The molecule has 1 atom stereocenters. The van der Waals surface area contributed by atoms with E-state index in [1.54, 1.807) is 6.07 Å². The van der Waals surface area contributed by atoms with Crippen LogP contribution in [0.3, 0.4) is 0 Å². The molecule has 4 nitrogen and oxygen atoms in total. The maximum Gasteiger partial charge on any atom is 0.229 e. The van der Waals surface area contributed by atoms with E-state index in [1.807, 2.05) is 26.0 Å².